The first-order valence-electron chi connectivity index (χ1n) is 14.3. The Bertz CT molecular complexity index is 1390. The number of phenolic OH excluding ortho intramolecular Hbond substituents is 1. The molecule has 2 aliphatic rings. The van der Waals surface area contributed by atoms with Gasteiger partial charge in [-0.1, -0.05) is 42.5 Å². The van der Waals surface area contributed by atoms with E-state index in [-0.39, 0.29) is 43.2 Å². The number of rotatable bonds is 8. The first-order valence-corrected chi connectivity index (χ1v) is 14.3. The molecule has 2 aromatic carbocycles. The monoisotopic (exact) mass is 573 g/mol. The minimum Gasteiger partial charge on any atom is -0.508 e. The number of ether oxygens (including phenoxy) is 2. The summed E-state index contributed by atoms with van der Waals surface area (Å²) in [7, 11) is 0. The molecular weight excluding hydrogens is 538 g/mol. The predicted molar refractivity (Wildman–Crippen MR) is 154 cm³/mol. The molecule has 2 heterocycles. The van der Waals surface area contributed by atoms with Crippen LogP contribution < -0.4 is 10.1 Å². The number of aromatic hydroxyl groups is 1. The predicted octanol–water partition coefficient (Wildman–Crippen LogP) is 3.94. The molecule has 2 fully saturated rings. The molecular formula is C31H35N5O6. The summed E-state index contributed by atoms with van der Waals surface area (Å²) >= 11 is 0. The molecule has 1 saturated carbocycles. The normalized spacial score (nSPS) is 16.1. The minimum atomic E-state index is -1.05. The Hall–Kier alpha value is -4.67. The molecule has 2 N–H and O–H groups in total. The fraction of sp³-hybridized carbons (Fsp3) is 0.387. The molecule has 5 rings (SSSR count). The van der Waals surface area contributed by atoms with Gasteiger partial charge in [0.25, 0.3) is 5.91 Å². The Morgan fingerprint density at radius 3 is 2.29 bits per heavy atom. The Morgan fingerprint density at radius 1 is 0.952 bits per heavy atom. The van der Waals surface area contributed by atoms with E-state index in [2.05, 4.69) is 15.3 Å². The van der Waals surface area contributed by atoms with Crippen molar-refractivity contribution in [3.63, 3.8) is 0 Å². The number of piperazine rings is 1. The lowest BCUT2D eigenvalue weighted by Crippen LogP contribution is -2.53. The molecule has 3 amide bonds. The van der Waals surface area contributed by atoms with Crippen molar-refractivity contribution in [1.82, 2.24) is 25.1 Å². The fourth-order valence-electron chi connectivity index (χ4n) is 5.16. The van der Waals surface area contributed by atoms with E-state index in [9.17, 15) is 19.5 Å². The minimum absolute atomic E-state index is 0.0269. The van der Waals surface area contributed by atoms with Crippen LogP contribution >= 0.6 is 0 Å². The second-order valence-corrected chi connectivity index (χ2v) is 10.3. The molecule has 11 heteroatoms. The summed E-state index contributed by atoms with van der Waals surface area (Å²) in [6.45, 7) is 3.21. The van der Waals surface area contributed by atoms with Gasteiger partial charge in [0, 0.05) is 37.8 Å². The molecule has 1 unspecified atom stereocenters. The summed E-state index contributed by atoms with van der Waals surface area (Å²) in [6, 6.07) is 15.9. The van der Waals surface area contributed by atoms with Crippen molar-refractivity contribution in [2.45, 2.75) is 44.8 Å². The van der Waals surface area contributed by atoms with E-state index in [0.29, 0.717) is 30.4 Å². The zero-order valence-corrected chi connectivity index (χ0v) is 23.6. The molecule has 1 saturated heterocycles. The lowest BCUT2D eigenvalue weighted by atomic mass is 10.0. The number of hydrogen-bond acceptors (Lipinski definition) is 8. The van der Waals surface area contributed by atoms with Crippen molar-refractivity contribution >= 4 is 17.9 Å². The van der Waals surface area contributed by atoms with Gasteiger partial charge < -0.3 is 29.7 Å². The first kappa shape index (κ1) is 28.8. The molecule has 1 aliphatic heterocycles. The lowest BCUT2D eigenvalue weighted by molar-refractivity contribution is -0.135. The maximum absolute atomic E-state index is 13.8. The number of hydrogen-bond donors (Lipinski definition) is 2. The lowest BCUT2D eigenvalue weighted by Gasteiger charge is -2.36. The van der Waals surface area contributed by atoms with Gasteiger partial charge in [-0.05, 0) is 50.3 Å². The van der Waals surface area contributed by atoms with Crippen LogP contribution in [-0.4, -0.2) is 81.7 Å². The van der Waals surface area contributed by atoms with Crippen LogP contribution in [0.25, 0.3) is 11.4 Å². The second kappa shape index (κ2) is 13.3. The third-order valence-corrected chi connectivity index (χ3v) is 7.42. The molecule has 220 valence electrons. The molecule has 3 aromatic rings. The van der Waals surface area contributed by atoms with Crippen molar-refractivity contribution in [3.05, 3.63) is 71.9 Å². The van der Waals surface area contributed by atoms with Gasteiger partial charge in [-0.2, -0.15) is 4.98 Å². The Kier molecular flexibility index (Phi) is 9.15. The largest absolute Gasteiger partial charge is 0.508 e. The number of phenols is 1. The number of amides is 3. The highest BCUT2D eigenvalue weighted by Gasteiger charge is 2.32. The van der Waals surface area contributed by atoms with Crippen LogP contribution in [0.4, 0.5) is 4.79 Å². The van der Waals surface area contributed by atoms with Crippen LogP contribution in [0.2, 0.25) is 0 Å². The molecule has 1 atom stereocenters. The van der Waals surface area contributed by atoms with E-state index >= 15 is 0 Å². The van der Waals surface area contributed by atoms with E-state index in [0.717, 1.165) is 31.2 Å². The maximum Gasteiger partial charge on any atom is 0.409 e. The Labute approximate surface area is 244 Å². The maximum atomic E-state index is 13.8. The van der Waals surface area contributed by atoms with Crippen LogP contribution in [-0.2, 0) is 9.53 Å². The summed E-state index contributed by atoms with van der Waals surface area (Å²) in [5.41, 5.74) is 1.30. The van der Waals surface area contributed by atoms with E-state index < -0.39 is 18.0 Å². The van der Waals surface area contributed by atoms with E-state index in [1.165, 1.54) is 18.2 Å². The van der Waals surface area contributed by atoms with Gasteiger partial charge in [0.1, 0.15) is 23.6 Å². The van der Waals surface area contributed by atoms with E-state index in [1.54, 1.807) is 28.9 Å². The number of carbonyl (C=O) groups is 3. The van der Waals surface area contributed by atoms with Gasteiger partial charge in [-0.15, -0.1) is 0 Å². The molecule has 1 aliphatic carbocycles. The van der Waals surface area contributed by atoms with Crippen LogP contribution in [0.3, 0.4) is 0 Å². The standard InChI is InChI=1S/C31H35N5O6/c1-2-41-31(40)36-18-16-35(17-19-36)30(39)27(21-12-14-23(37)15-13-21)34-29(38)25-20-26(42-24-10-6-7-11-24)33-28(32-25)22-8-4-3-5-9-22/h3-5,8-9,12-15,20,24,27,37H,2,6-7,10-11,16-19H2,1H3,(H,34,38). The number of aromatic nitrogens is 2. The number of nitrogens with zero attached hydrogens (tertiary/aromatic N) is 4. The van der Waals surface area contributed by atoms with Gasteiger partial charge in [0.15, 0.2) is 5.82 Å². The average Bonchev–Trinajstić information content (AvgIpc) is 3.53. The van der Waals surface area contributed by atoms with Crippen molar-refractivity contribution in [3.8, 4) is 23.0 Å². The SMILES string of the molecule is CCOC(=O)N1CCN(C(=O)C(NC(=O)c2cc(OC3CCCC3)nc(-c3ccccc3)n2)c2ccc(O)cc2)CC1. The average molecular weight is 574 g/mol. The second-order valence-electron chi connectivity index (χ2n) is 10.3. The van der Waals surface area contributed by atoms with Crippen molar-refractivity contribution in [2.24, 2.45) is 0 Å². The third-order valence-electron chi connectivity index (χ3n) is 7.42. The zero-order valence-electron chi connectivity index (χ0n) is 23.6. The highest BCUT2D eigenvalue weighted by atomic mass is 16.6. The molecule has 0 radical (unpaired) electrons. The van der Waals surface area contributed by atoms with Gasteiger partial charge in [-0.3, -0.25) is 9.59 Å². The summed E-state index contributed by atoms with van der Waals surface area (Å²) < 4.78 is 11.2. The summed E-state index contributed by atoms with van der Waals surface area (Å²) in [4.78, 5) is 51.9. The number of carbonyl (C=O) groups excluding carboxylic acids is 3. The van der Waals surface area contributed by atoms with Crippen molar-refractivity contribution in [1.29, 1.82) is 0 Å². The van der Waals surface area contributed by atoms with Crippen molar-refractivity contribution < 1.29 is 29.0 Å². The highest BCUT2D eigenvalue weighted by molar-refractivity contribution is 5.97. The third kappa shape index (κ3) is 6.96. The highest BCUT2D eigenvalue weighted by Crippen LogP contribution is 2.26. The van der Waals surface area contributed by atoms with Gasteiger partial charge in [0.2, 0.25) is 11.8 Å². The zero-order chi connectivity index (χ0) is 29.5. The van der Waals surface area contributed by atoms with Crippen LogP contribution in [0, 0.1) is 0 Å². The molecule has 11 nitrogen and oxygen atoms in total. The van der Waals surface area contributed by atoms with E-state index in [1.807, 2.05) is 30.3 Å². The van der Waals surface area contributed by atoms with Crippen LogP contribution in [0.15, 0.2) is 60.7 Å². The van der Waals surface area contributed by atoms with Gasteiger partial charge in [-0.25, -0.2) is 9.78 Å². The summed E-state index contributed by atoms with van der Waals surface area (Å²) in [5.74, 6) is -0.210. The quantitative estimate of drug-likeness (QED) is 0.414. The molecule has 0 bridgehead atoms. The number of benzene rings is 2. The summed E-state index contributed by atoms with van der Waals surface area (Å²) in [6.07, 6.45) is 3.62. The van der Waals surface area contributed by atoms with Gasteiger partial charge >= 0.3 is 6.09 Å². The summed E-state index contributed by atoms with van der Waals surface area (Å²) in [5, 5.41) is 12.7. The fourth-order valence-corrected chi connectivity index (χ4v) is 5.16. The Morgan fingerprint density at radius 2 is 1.62 bits per heavy atom. The van der Waals surface area contributed by atoms with E-state index in [4.69, 9.17) is 9.47 Å². The Balaban J connectivity index is 1.40. The topological polar surface area (TPSA) is 134 Å². The number of nitrogens with one attached hydrogen (secondary N) is 1. The molecule has 42 heavy (non-hydrogen) atoms. The van der Waals surface area contributed by atoms with Crippen LogP contribution in [0.1, 0.15) is 54.7 Å². The molecule has 1 aromatic heterocycles. The van der Waals surface area contributed by atoms with Gasteiger partial charge in [0.05, 0.1) is 6.61 Å². The molecule has 0 spiro atoms. The van der Waals surface area contributed by atoms with Crippen LogP contribution in [0.5, 0.6) is 11.6 Å². The first-order chi connectivity index (χ1) is 20.4. The van der Waals surface area contributed by atoms with Crippen molar-refractivity contribution in [2.75, 3.05) is 32.8 Å². The smallest absolute Gasteiger partial charge is 0.409 e.